The zero-order valence-electron chi connectivity index (χ0n) is 14.3. The number of fused-ring (bicyclic) bond motifs is 1. The maximum atomic E-state index is 12.8. The van der Waals surface area contributed by atoms with Gasteiger partial charge in [0.05, 0.1) is 15.4 Å². The quantitative estimate of drug-likeness (QED) is 0.671. The number of halogens is 4. The van der Waals surface area contributed by atoms with Crippen LogP contribution in [0.1, 0.15) is 25.0 Å². The fraction of sp³-hybridized carbons (Fsp3) is 0.353. The van der Waals surface area contributed by atoms with Gasteiger partial charge in [0.1, 0.15) is 11.2 Å². The van der Waals surface area contributed by atoms with E-state index >= 15 is 0 Å². The van der Waals surface area contributed by atoms with Crippen LogP contribution in [0.2, 0.25) is 5.02 Å². The summed E-state index contributed by atoms with van der Waals surface area (Å²) >= 11 is 7.50. The summed E-state index contributed by atoms with van der Waals surface area (Å²) in [6.45, 7) is 1.68. The minimum absolute atomic E-state index is 0.153. The molecule has 3 heterocycles. The topological polar surface area (TPSA) is 71.0 Å². The minimum atomic E-state index is -4.82. The van der Waals surface area contributed by atoms with Crippen LogP contribution in [0, 0.1) is 0 Å². The summed E-state index contributed by atoms with van der Waals surface area (Å²) in [5.74, 6) is 0. The largest absolute Gasteiger partial charge is 0.431 e. The number of nitrogens with zero attached hydrogens (tertiary/aromatic N) is 3. The van der Waals surface area contributed by atoms with Crippen LogP contribution in [-0.2, 0) is 6.18 Å². The van der Waals surface area contributed by atoms with E-state index in [2.05, 4.69) is 9.88 Å². The number of alkyl halides is 3. The third-order valence-corrected chi connectivity index (χ3v) is 6.01. The van der Waals surface area contributed by atoms with Crippen molar-refractivity contribution in [3.05, 3.63) is 49.8 Å². The predicted molar refractivity (Wildman–Crippen MR) is 102 cm³/mol. The van der Waals surface area contributed by atoms with Gasteiger partial charge in [-0.3, -0.25) is 4.79 Å². The Morgan fingerprint density at radius 1 is 1.14 bits per heavy atom. The van der Waals surface area contributed by atoms with Crippen molar-refractivity contribution < 1.29 is 13.2 Å². The molecule has 4 rings (SSSR count). The number of thiazole rings is 1. The maximum Gasteiger partial charge on any atom is 0.431 e. The van der Waals surface area contributed by atoms with Crippen molar-refractivity contribution in [1.29, 1.82) is 0 Å². The number of H-pyrrole nitrogens is 1. The second kappa shape index (κ2) is 6.93. The molecule has 0 amide bonds. The highest BCUT2D eigenvalue weighted by Crippen LogP contribution is 2.37. The van der Waals surface area contributed by atoms with Crippen LogP contribution in [0.4, 0.5) is 18.3 Å². The molecule has 1 N–H and O–H groups in total. The third kappa shape index (κ3) is 3.30. The van der Waals surface area contributed by atoms with Gasteiger partial charge in [-0.15, -0.1) is 0 Å². The van der Waals surface area contributed by atoms with Gasteiger partial charge in [-0.2, -0.15) is 13.2 Å². The third-order valence-electron chi connectivity index (χ3n) is 4.57. The number of rotatable bonds is 2. The van der Waals surface area contributed by atoms with Crippen LogP contribution in [0.15, 0.2) is 27.8 Å². The Bertz CT molecular complexity index is 1130. The van der Waals surface area contributed by atoms with Gasteiger partial charge >= 0.3 is 11.9 Å². The molecule has 28 heavy (non-hydrogen) atoms. The lowest BCUT2D eigenvalue weighted by Crippen LogP contribution is -2.35. The molecule has 1 saturated heterocycles. The normalized spacial score (nSPS) is 15.4. The van der Waals surface area contributed by atoms with E-state index in [9.17, 15) is 22.8 Å². The van der Waals surface area contributed by atoms with Gasteiger partial charge in [-0.05, 0) is 31.4 Å². The summed E-state index contributed by atoms with van der Waals surface area (Å²) in [5.41, 5.74) is -3.07. The standard InChI is InChI=1S/C17H14ClF3N4O2S/c18-9-4-5-10(25-12(26)8-11(17(19,20)21)22-15(25)27)14-13(9)23-16(28-14)24-6-2-1-3-7-24/h4-5,8H,1-3,6-7H2,(H,22,27). The molecule has 2 aromatic heterocycles. The summed E-state index contributed by atoms with van der Waals surface area (Å²) in [4.78, 5) is 33.0. The zero-order chi connectivity index (χ0) is 20.1. The van der Waals surface area contributed by atoms with E-state index in [-0.39, 0.29) is 5.69 Å². The Balaban J connectivity index is 1.90. The number of anilines is 1. The molecule has 0 atom stereocenters. The van der Waals surface area contributed by atoms with Crippen LogP contribution >= 0.6 is 22.9 Å². The number of aromatic amines is 1. The first-order chi connectivity index (χ1) is 13.3. The fourth-order valence-electron chi connectivity index (χ4n) is 3.22. The van der Waals surface area contributed by atoms with Crippen molar-refractivity contribution in [3.63, 3.8) is 0 Å². The molecule has 1 fully saturated rings. The van der Waals surface area contributed by atoms with Gasteiger partial charge in [0.15, 0.2) is 5.13 Å². The number of hydrogen-bond donors (Lipinski definition) is 1. The molecular weight excluding hydrogens is 417 g/mol. The lowest BCUT2D eigenvalue weighted by atomic mass is 10.1. The monoisotopic (exact) mass is 430 g/mol. The van der Waals surface area contributed by atoms with Crippen molar-refractivity contribution in [2.24, 2.45) is 0 Å². The molecule has 1 aliphatic rings. The van der Waals surface area contributed by atoms with Crippen molar-refractivity contribution in [1.82, 2.24) is 14.5 Å². The van der Waals surface area contributed by atoms with E-state index < -0.39 is 23.1 Å². The smallest absolute Gasteiger partial charge is 0.348 e. The highest BCUT2D eigenvalue weighted by Gasteiger charge is 2.33. The number of piperidine rings is 1. The number of hydrogen-bond acceptors (Lipinski definition) is 5. The van der Waals surface area contributed by atoms with Gasteiger partial charge in [-0.1, -0.05) is 22.9 Å². The van der Waals surface area contributed by atoms with E-state index in [0.717, 1.165) is 32.4 Å². The van der Waals surface area contributed by atoms with E-state index in [1.807, 2.05) is 0 Å². The Morgan fingerprint density at radius 2 is 1.86 bits per heavy atom. The van der Waals surface area contributed by atoms with Crippen LogP contribution in [0.5, 0.6) is 0 Å². The van der Waals surface area contributed by atoms with Crippen molar-refractivity contribution in [3.8, 4) is 5.69 Å². The predicted octanol–water partition coefficient (Wildman–Crippen LogP) is 3.80. The van der Waals surface area contributed by atoms with Gasteiger partial charge < -0.3 is 9.88 Å². The molecule has 0 saturated carbocycles. The Labute approximate surface area is 165 Å². The summed E-state index contributed by atoms with van der Waals surface area (Å²) in [5, 5.41) is 1.05. The molecule has 1 aliphatic heterocycles. The Kier molecular flexibility index (Phi) is 4.70. The van der Waals surface area contributed by atoms with E-state index in [1.54, 1.807) is 4.98 Å². The van der Waals surface area contributed by atoms with Crippen LogP contribution in [0.3, 0.4) is 0 Å². The molecule has 3 aromatic rings. The number of nitrogens with one attached hydrogen (secondary N) is 1. The Morgan fingerprint density at radius 3 is 2.50 bits per heavy atom. The van der Waals surface area contributed by atoms with Gasteiger partial charge in [0, 0.05) is 19.2 Å². The molecule has 0 spiro atoms. The molecule has 0 bridgehead atoms. The Hall–Kier alpha value is -2.33. The first-order valence-electron chi connectivity index (χ1n) is 8.53. The van der Waals surface area contributed by atoms with Crippen molar-refractivity contribution in [2.75, 3.05) is 18.0 Å². The first kappa shape index (κ1) is 19.0. The van der Waals surface area contributed by atoms with Gasteiger partial charge in [-0.25, -0.2) is 14.3 Å². The van der Waals surface area contributed by atoms with Crippen LogP contribution < -0.4 is 16.1 Å². The molecule has 148 valence electrons. The molecule has 0 unspecified atom stereocenters. The summed E-state index contributed by atoms with van der Waals surface area (Å²) < 4.78 is 39.7. The minimum Gasteiger partial charge on any atom is -0.348 e. The highest BCUT2D eigenvalue weighted by atomic mass is 35.5. The highest BCUT2D eigenvalue weighted by molar-refractivity contribution is 7.22. The summed E-state index contributed by atoms with van der Waals surface area (Å²) in [6, 6.07) is 3.28. The van der Waals surface area contributed by atoms with Gasteiger partial charge in [0.25, 0.3) is 5.56 Å². The first-order valence-corrected chi connectivity index (χ1v) is 9.73. The number of benzene rings is 1. The van der Waals surface area contributed by atoms with E-state index in [1.165, 1.54) is 23.5 Å². The molecule has 6 nitrogen and oxygen atoms in total. The summed E-state index contributed by atoms with van der Waals surface area (Å²) in [7, 11) is 0. The van der Waals surface area contributed by atoms with E-state index in [0.29, 0.717) is 31.0 Å². The van der Waals surface area contributed by atoms with Crippen LogP contribution in [0.25, 0.3) is 15.9 Å². The zero-order valence-corrected chi connectivity index (χ0v) is 15.9. The summed E-state index contributed by atoms with van der Waals surface area (Å²) in [6.07, 6.45) is -1.61. The lowest BCUT2D eigenvalue weighted by molar-refractivity contribution is -0.141. The SMILES string of the molecule is O=c1cc(C(F)(F)F)[nH]c(=O)n1-c1ccc(Cl)c2nc(N3CCCCC3)sc12. The second-order valence-corrected chi connectivity index (χ2v) is 7.83. The van der Waals surface area contributed by atoms with Crippen molar-refractivity contribution in [2.45, 2.75) is 25.4 Å². The molecule has 1 aromatic carbocycles. The van der Waals surface area contributed by atoms with Crippen molar-refractivity contribution >= 4 is 38.3 Å². The maximum absolute atomic E-state index is 12.8. The molecule has 0 radical (unpaired) electrons. The second-order valence-electron chi connectivity index (χ2n) is 6.45. The lowest BCUT2D eigenvalue weighted by Gasteiger charge is -2.25. The average molecular weight is 431 g/mol. The fourth-order valence-corrected chi connectivity index (χ4v) is 4.63. The average Bonchev–Trinajstić information content (AvgIpc) is 3.09. The van der Waals surface area contributed by atoms with E-state index in [4.69, 9.17) is 11.6 Å². The molecule has 11 heteroatoms. The molecule has 0 aliphatic carbocycles. The number of aromatic nitrogens is 3. The van der Waals surface area contributed by atoms with Gasteiger partial charge in [0.2, 0.25) is 0 Å². The molecular formula is C17H14ClF3N4O2S. The van der Waals surface area contributed by atoms with Crippen LogP contribution in [-0.4, -0.2) is 27.6 Å².